The van der Waals surface area contributed by atoms with E-state index in [1.54, 1.807) is 7.11 Å². The van der Waals surface area contributed by atoms with Gasteiger partial charge in [-0.25, -0.2) is 9.97 Å². The van der Waals surface area contributed by atoms with Crippen molar-refractivity contribution in [1.29, 1.82) is 0 Å². The Bertz CT molecular complexity index is 825. The number of amides is 1. The number of methoxy groups -OCH3 is 1. The van der Waals surface area contributed by atoms with Gasteiger partial charge in [-0.05, 0) is 32.4 Å². The number of aryl methyl sites for hydroxylation is 2. The molecule has 2 aromatic rings. The highest BCUT2D eigenvalue weighted by Crippen LogP contribution is 2.34. The molecule has 3 fully saturated rings. The maximum atomic E-state index is 12.7. The molecule has 142 valence electrons. The number of fused-ring (bicyclic) bond motifs is 2. The minimum Gasteiger partial charge on any atom is -0.493 e. The maximum Gasteiger partial charge on any atom is 0.261 e. The van der Waals surface area contributed by atoms with E-state index >= 15 is 0 Å². The van der Waals surface area contributed by atoms with Crippen LogP contribution in [0.15, 0.2) is 30.3 Å². The number of hydrogen-bond donors (Lipinski definition) is 0. The van der Waals surface area contributed by atoms with E-state index in [0.717, 1.165) is 36.8 Å². The Hall–Kier alpha value is -2.83. The van der Waals surface area contributed by atoms with E-state index in [0.29, 0.717) is 11.5 Å². The van der Waals surface area contributed by atoms with Gasteiger partial charge in [-0.15, -0.1) is 0 Å². The fraction of sp³-hybridized carbons (Fsp3) is 0.450. The van der Waals surface area contributed by atoms with Crippen molar-refractivity contribution in [2.75, 3.05) is 31.7 Å². The molecule has 0 saturated carbocycles. The number of aromatic nitrogens is 2. The predicted octanol–water partition coefficient (Wildman–Crippen LogP) is 1.97. The van der Waals surface area contributed by atoms with E-state index in [1.165, 1.54) is 0 Å². The minimum absolute atomic E-state index is 0.0249. The predicted molar refractivity (Wildman–Crippen MR) is 101 cm³/mol. The zero-order valence-electron chi connectivity index (χ0n) is 15.9. The number of nitrogens with zero attached hydrogens (tertiary/aromatic N) is 4. The van der Waals surface area contributed by atoms with Crippen molar-refractivity contribution < 1.29 is 14.3 Å². The van der Waals surface area contributed by atoms with Gasteiger partial charge in [0.25, 0.3) is 5.91 Å². The van der Waals surface area contributed by atoms with Crippen LogP contribution in [0.4, 0.5) is 5.82 Å². The molecule has 27 heavy (non-hydrogen) atoms. The third kappa shape index (κ3) is 3.41. The Morgan fingerprint density at radius 2 is 1.85 bits per heavy atom. The van der Waals surface area contributed by atoms with Crippen LogP contribution in [0.3, 0.4) is 0 Å². The molecule has 7 nitrogen and oxygen atoms in total. The smallest absolute Gasteiger partial charge is 0.261 e. The van der Waals surface area contributed by atoms with Crippen LogP contribution in [0.5, 0.6) is 11.5 Å². The van der Waals surface area contributed by atoms with Gasteiger partial charge in [0.2, 0.25) is 0 Å². The van der Waals surface area contributed by atoms with Crippen LogP contribution >= 0.6 is 0 Å². The number of para-hydroxylation sites is 2. The van der Waals surface area contributed by atoms with Gasteiger partial charge in [0.1, 0.15) is 11.6 Å². The van der Waals surface area contributed by atoms with Crippen molar-refractivity contribution in [3.63, 3.8) is 0 Å². The van der Waals surface area contributed by atoms with Crippen molar-refractivity contribution in [3.05, 3.63) is 41.9 Å². The number of piperidine rings is 1. The number of piperazine rings is 1. The van der Waals surface area contributed by atoms with Gasteiger partial charge in [0.15, 0.2) is 18.1 Å². The van der Waals surface area contributed by atoms with Crippen LogP contribution in [0.1, 0.15) is 17.9 Å². The first kappa shape index (κ1) is 17.6. The number of hydrogen-bond acceptors (Lipinski definition) is 6. The molecule has 0 radical (unpaired) electrons. The summed E-state index contributed by atoms with van der Waals surface area (Å²) >= 11 is 0. The molecule has 2 bridgehead atoms. The zero-order valence-corrected chi connectivity index (χ0v) is 15.9. The summed E-state index contributed by atoms with van der Waals surface area (Å²) in [6.45, 7) is 5.51. The lowest BCUT2D eigenvalue weighted by Gasteiger charge is -2.56. The average Bonchev–Trinajstić information content (AvgIpc) is 2.66. The largest absolute Gasteiger partial charge is 0.493 e. The first-order chi connectivity index (χ1) is 13.0. The summed E-state index contributed by atoms with van der Waals surface area (Å²) in [5.41, 5.74) is 0.967. The lowest BCUT2D eigenvalue weighted by atomic mass is 9.87. The molecule has 3 aliphatic rings. The number of rotatable bonds is 5. The SMILES string of the molecule is COc1ccccc1OCC(=O)N1C2CC1CN(c1cc(C)nc(C)n1)C2. The van der Waals surface area contributed by atoms with E-state index in [2.05, 4.69) is 14.9 Å². The molecule has 3 aliphatic heterocycles. The van der Waals surface area contributed by atoms with E-state index < -0.39 is 0 Å². The fourth-order valence-corrected chi connectivity index (χ4v) is 4.02. The number of benzene rings is 1. The van der Waals surface area contributed by atoms with Gasteiger partial charge in [0, 0.05) is 24.8 Å². The first-order valence-corrected chi connectivity index (χ1v) is 9.19. The normalized spacial score (nSPS) is 20.9. The monoisotopic (exact) mass is 368 g/mol. The van der Waals surface area contributed by atoms with Crippen molar-refractivity contribution in [3.8, 4) is 11.5 Å². The summed E-state index contributed by atoms with van der Waals surface area (Å²) in [6.07, 6.45) is 1.04. The summed E-state index contributed by atoms with van der Waals surface area (Å²) in [5.74, 6) is 2.98. The highest BCUT2D eigenvalue weighted by molar-refractivity contribution is 5.80. The number of ether oxygens (including phenoxy) is 2. The minimum atomic E-state index is 0.0249. The summed E-state index contributed by atoms with van der Waals surface area (Å²) in [6, 6.07) is 9.81. The van der Waals surface area contributed by atoms with E-state index in [4.69, 9.17) is 9.47 Å². The van der Waals surface area contributed by atoms with Crippen LogP contribution < -0.4 is 14.4 Å². The van der Waals surface area contributed by atoms with Gasteiger partial charge in [0.05, 0.1) is 19.2 Å². The summed E-state index contributed by atoms with van der Waals surface area (Å²) in [7, 11) is 1.59. The maximum absolute atomic E-state index is 12.7. The Morgan fingerprint density at radius 3 is 2.52 bits per heavy atom. The van der Waals surface area contributed by atoms with Crippen LogP contribution in [-0.4, -0.2) is 59.7 Å². The second-order valence-electron chi connectivity index (χ2n) is 7.10. The third-order valence-electron chi connectivity index (χ3n) is 5.18. The van der Waals surface area contributed by atoms with Crippen molar-refractivity contribution in [2.45, 2.75) is 32.4 Å². The number of carbonyl (C=O) groups excluding carboxylic acids is 1. The number of carbonyl (C=O) groups is 1. The molecular formula is C20H24N4O3. The second-order valence-corrected chi connectivity index (χ2v) is 7.10. The van der Waals surface area contributed by atoms with Crippen molar-refractivity contribution in [2.24, 2.45) is 0 Å². The number of anilines is 1. The Balaban J connectivity index is 1.37. The van der Waals surface area contributed by atoms with E-state index in [-0.39, 0.29) is 24.6 Å². The molecule has 4 heterocycles. The molecule has 3 saturated heterocycles. The van der Waals surface area contributed by atoms with Gasteiger partial charge in [-0.3, -0.25) is 4.79 Å². The molecule has 2 unspecified atom stereocenters. The molecule has 7 heteroatoms. The van der Waals surface area contributed by atoms with E-state index in [9.17, 15) is 4.79 Å². The zero-order chi connectivity index (χ0) is 19.0. The molecule has 0 aliphatic carbocycles. The summed E-state index contributed by atoms with van der Waals surface area (Å²) in [4.78, 5) is 25.8. The highest BCUT2D eigenvalue weighted by atomic mass is 16.5. The lowest BCUT2D eigenvalue weighted by Crippen LogP contribution is -2.71. The summed E-state index contributed by atoms with van der Waals surface area (Å²) in [5, 5.41) is 0. The second kappa shape index (κ2) is 7.06. The van der Waals surface area contributed by atoms with Crippen LogP contribution in [0, 0.1) is 13.8 Å². The molecule has 1 amide bonds. The topological polar surface area (TPSA) is 67.8 Å². The average molecular weight is 368 g/mol. The van der Waals surface area contributed by atoms with Crippen LogP contribution in [0.2, 0.25) is 0 Å². The van der Waals surface area contributed by atoms with Crippen molar-refractivity contribution >= 4 is 11.7 Å². The molecule has 1 aromatic heterocycles. The Labute approximate surface area is 158 Å². The van der Waals surface area contributed by atoms with Gasteiger partial charge < -0.3 is 19.3 Å². The Morgan fingerprint density at radius 1 is 1.15 bits per heavy atom. The van der Waals surface area contributed by atoms with Gasteiger partial charge >= 0.3 is 0 Å². The summed E-state index contributed by atoms with van der Waals surface area (Å²) < 4.78 is 11.0. The van der Waals surface area contributed by atoms with Gasteiger partial charge in [-0.1, -0.05) is 12.1 Å². The van der Waals surface area contributed by atoms with Crippen molar-refractivity contribution in [1.82, 2.24) is 14.9 Å². The lowest BCUT2D eigenvalue weighted by molar-refractivity contribution is -0.148. The standard InChI is InChI=1S/C20H24N4O3/c1-13-8-19(22-14(2)21-13)23-10-15-9-16(11-23)24(15)20(25)12-27-18-7-5-4-6-17(18)26-3/h4-8,15-16H,9-12H2,1-3H3. The third-order valence-corrected chi connectivity index (χ3v) is 5.18. The molecule has 2 atom stereocenters. The molecule has 0 N–H and O–H groups in total. The first-order valence-electron chi connectivity index (χ1n) is 9.19. The molecule has 1 aromatic carbocycles. The van der Waals surface area contributed by atoms with E-state index in [1.807, 2.05) is 49.1 Å². The van der Waals surface area contributed by atoms with Crippen LogP contribution in [-0.2, 0) is 4.79 Å². The molecule has 5 rings (SSSR count). The van der Waals surface area contributed by atoms with Gasteiger partial charge in [-0.2, -0.15) is 0 Å². The Kier molecular flexibility index (Phi) is 4.59. The fourth-order valence-electron chi connectivity index (χ4n) is 4.02. The quantitative estimate of drug-likeness (QED) is 0.804. The van der Waals surface area contributed by atoms with Crippen LogP contribution in [0.25, 0.3) is 0 Å². The molecular weight excluding hydrogens is 344 g/mol. The highest BCUT2D eigenvalue weighted by Gasteiger charge is 2.47. The molecule has 0 spiro atoms.